The van der Waals surface area contributed by atoms with E-state index in [4.69, 9.17) is 14.2 Å². The highest BCUT2D eigenvalue weighted by atomic mass is 16.6. The highest BCUT2D eigenvalue weighted by Gasteiger charge is 2.19. The lowest BCUT2D eigenvalue weighted by Gasteiger charge is -2.18. The fourth-order valence-electron chi connectivity index (χ4n) is 7.75. The molecule has 6 nitrogen and oxygen atoms in total. The first kappa shape index (κ1) is 67.8. The van der Waals surface area contributed by atoms with Crippen LogP contribution in [-0.4, -0.2) is 37.2 Å². The minimum Gasteiger partial charge on any atom is -0.462 e. The molecule has 1 unspecified atom stereocenters. The van der Waals surface area contributed by atoms with Gasteiger partial charge in [0.2, 0.25) is 0 Å². The van der Waals surface area contributed by atoms with Crippen molar-refractivity contribution in [2.75, 3.05) is 13.2 Å². The maximum absolute atomic E-state index is 12.8. The molecule has 72 heavy (non-hydrogen) atoms. The summed E-state index contributed by atoms with van der Waals surface area (Å²) in [5, 5.41) is 0. The minimum atomic E-state index is -0.811. The third-order valence-electron chi connectivity index (χ3n) is 12.2. The van der Waals surface area contributed by atoms with Crippen molar-refractivity contribution >= 4 is 17.9 Å². The van der Waals surface area contributed by atoms with E-state index in [1.165, 1.54) is 83.5 Å². The highest BCUT2D eigenvalue weighted by molar-refractivity contribution is 5.71. The maximum atomic E-state index is 12.8. The van der Waals surface area contributed by atoms with Crippen molar-refractivity contribution in [3.05, 3.63) is 122 Å². The topological polar surface area (TPSA) is 78.9 Å². The maximum Gasteiger partial charge on any atom is 0.306 e. The Bertz CT molecular complexity index is 1520. The van der Waals surface area contributed by atoms with Gasteiger partial charge in [0.05, 0.1) is 0 Å². The summed E-state index contributed by atoms with van der Waals surface area (Å²) in [6.07, 6.45) is 82.0. The predicted octanol–water partition coefficient (Wildman–Crippen LogP) is 20.0. The summed E-state index contributed by atoms with van der Waals surface area (Å²) < 4.78 is 16.8. The van der Waals surface area contributed by atoms with Crippen molar-refractivity contribution in [2.24, 2.45) is 0 Å². The minimum absolute atomic E-state index is 0.105. The number of carbonyl (C=O) groups is 3. The Morgan fingerprint density at radius 3 is 0.944 bits per heavy atom. The van der Waals surface area contributed by atoms with Crippen molar-refractivity contribution in [1.29, 1.82) is 0 Å². The molecule has 0 radical (unpaired) electrons. The second kappa shape index (κ2) is 59.4. The summed E-state index contributed by atoms with van der Waals surface area (Å²) in [4.78, 5) is 38.1. The van der Waals surface area contributed by atoms with Gasteiger partial charge >= 0.3 is 17.9 Å². The van der Waals surface area contributed by atoms with E-state index in [9.17, 15) is 14.4 Å². The lowest BCUT2D eigenvalue weighted by molar-refractivity contribution is -0.167. The first-order valence-electron chi connectivity index (χ1n) is 29.5. The van der Waals surface area contributed by atoms with Crippen LogP contribution >= 0.6 is 0 Å². The third-order valence-corrected chi connectivity index (χ3v) is 12.2. The number of hydrogen-bond acceptors (Lipinski definition) is 6. The van der Waals surface area contributed by atoms with Crippen LogP contribution in [0.4, 0.5) is 0 Å². The average Bonchev–Trinajstić information content (AvgIpc) is 3.38. The van der Waals surface area contributed by atoms with Gasteiger partial charge < -0.3 is 14.2 Å². The molecule has 0 aliphatic carbocycles. The van der Waals surface area contributed by atoms with E-state index in [-0.39, 0.29) is 37.5 Å². The molecule has 0 saturated carbocycles. The Morgan fingerprint density at radius 2 is 0.569 bits per heavy atom. The third kappa shape index (κ3) is 56.7. The number of allylic oxidation sites excluding steroid dienone is 20. The summed E-state index contributed by atoms with van der Waals surface area (Å²) in [6.45, 7) is 6.40. The molecule has 0 aliphatic heterocycles. The molecular weight excluding hydrogens is 889 g/mol. The first-order chi connectivity index (χ1) is 35.5. The zero-order valence-electron chi connectivity index (χ0n) is 46.7. The quantitative estimate of drug-likeness (QED) is 0.0261. The second-order valence-corrected chi connectivity index (χ2v) is 19.2. The summed E-state index contributed by atoms with van der Waals surface area (Å²) in [6, 6.07) is 0. The van der Waals surface area contributed by atoms with E-state index in [1.54, 1.807) is 0 Å². The monoisotopic (exact) mass is 997 g/mol. The van der Waals surface area contributed by atoms with Crippen LogP contribution in [0, 0.1) is 0 Å². The molecule has 0 aliphatic rings. The number of carbonyl (C=O) groups excluding carboxylic acids is 3. The molecule has 0 aromatic heterocycles. The van der Waals surface area contributed by atoms with Gasteiger partial charge in [0.15, 0.2) is 6.10 Å². The zero-order valence-corrected chi connectivity index (χ0v) is 46.7. The molecule has 0 heterocycles. The molecular formula is C66H108O6. The Kier molecular flexibility index (Phi) is 55.9. The van der Waals surface area contributed by atoms with Gasteiger partial charge in [-0.05, 0) is 128 Å². The predicted molar refractivity (Wildman–Crippen MR) is 311 cm³/mol. The van der Waals surface area contributed by atoms with Crippen molar-refractivity contribution in [3.63, 3.8) is 0 Å². The molecule has 0 aromatic rings. The Morgan fingerprint density at radius 1 is 0.292 bits per heavy atom. The SMILES string of the molecule is CC/C=C\C/C=C\C/C=C\C/C=C\C/C=C\C/C=C\CCCCC(=O)OC(COC(=O)CCCCCCC/C=C\CCC)COC(=O)CCCCCCCCCC/C=C\C/C=C\C/C=C\CCCCCCC. The summed E-state index contributed by atoms with van der Waals surface area (Å²) in [7, 11) is 0. The fraction of sp³-hybridized carbons (Fsp3) is 0.652. The fourth-order valence-corrected chi connectivity index (χ4v) is 7.75. The summed E-state index contributed by atoms with van der Waals surface area (Å²) >= 11 is 0. The Labute approximate surface area is 443 Å². The van der Waals surface area contributed by atoms with E-state index < -0.39 is 6.10 Å². The van der Waals surface area contributed by atoms with Crippen molar-refractivity contribution in [3.8, 4) is 0 Å². The van der Waals surface area contributed by atoms with Crippen molar-refractivity contribution in [2.45, 2.75) is 264 Å². The molecule has 0 rings (SSSR count). The number of hydrogen-bond donors (Lipinski definition) is 0. The average molecular weight is 998 g/mol. The Hall–Kier alpha value is -4.19. The molecule has 1 atom stereocenters. The summed E-state index contributed by atoms with van der Waals surface area (Å²) in [5.74, 6) is -0.969. The number of ether oxygens (including phenoxy) is 3. The van der Waals surface area contributed by atoms with E-state index in [0.717, 1.165) is 128 Å². The molecule has 408 valence electrons. The lowest BCUT2D eigenvalue weighted by Crippen LogP contribution is -2.30. The van der Waals surface area contributed by atoms with Crippen molar-refractivity contribution < 1.29 is 28.6 Å². The van der Waals surface area contributed by atoms with Crippen LogP contribution < -0.4 is 0 Å². The van der Waals surface area contributed by atoms with E-state index >= 15 is 0 Å². The summed E-state index contributed by atoms with van der Waals surface area (Å²) in [5.41, 5.74) is 0. The van der Waals surface area contributed by atoms with Crippen LogP contribution in [0.1, 0.15) is 258 Å². The smallest absolute Gasteiger partial charge is 0.306 e. The highest BCUT2D eigenvalue weighted by Crippen LogP contribution is 2.14. The molecule has 0 bridgehead atoms. The normalized spacial score (nSPS) is 13.0. The van der Waals surface area contributed by atoms with Gasteiger partial charge in [-0.3, -0.25) is 14.4 Å². The zero-order chi connectivity index (χ0) is 52.2. The standard InChI is InChI=1S/C66H108O6/c1-4-7-10-13-16-19-22-24-26-28-30-32-33-35-36-38-40-42-44-47-50-53-56-59-65(68)71-62-63(61-70-64(67)58-55-52-49-46-21-18-15-12-9-6-3)72-66(69)60-57-54-51-48-45-43-41-39-37-34-31-29-27-25-23-20-17-14-11-8-5-2/h8,11-12,15,17,20,22,24-25,27-28,30-31,33-35,39,41,45,48,63H,4-7,9-10,13-14,16,18-19,21,23,26,29,32,36-38,40,42-44,46-47,49-62H2,1-3H3/b11-8-,15-12-,20-17-,24-22-,27-25-,30-28-,34-31-,35-33-,41-39-,48-45-. The van der Waals surface area contributed by atoms with Crippen LogP contribution in [-0.2, 0) is 28.6 Å². The first-order valence-corrected chi connectivity index (χ1v) is 29.5. The van der Waals surface area contributed by atoms with Crippen molar-refractivity contribution in [1.82, 2.24) is 0 Å². The second-order valence-electron chi connectivity index (χ2n) is 19.2. The van der Waals surface area contributed by atoms with Crippen LogP contribution in [0.25, 0.3) is 0 Å². The van der Waals surface area contributed by atoms with Gasteiger partial charge in [-0.15, -0.1) is 0 Å². The molecule has 0 amide bonds. The molecule has 0 saturated heterocycles. The lowest BCUT2D eigenvalue weighted by atomic mass is 10.1. The van der Waals surface area contributed by atoms with Gasteiger partial charge in [0.25, 0.3) is 0 Å². The van der Waals surface area contributed by atoms with Gasteiger partial charge in [-0.2, -0.15) is 0 Å². The molecule has 0 spiro atoms. The number of esters is 3. The molecule has 0 aromatic carbocycles. The van der Waals surface area contributed by atoms with E-state index in [0.29, 0.717) is 19.3 Å². The van der Waals surface area contributed by atoms with E-state index in [2.05, 4.69) is 142 Å². The Balaban J connectivity index is 4.41. The van der Waals surface area contributed by atoms with E-state index in [1.807, 2.05) is 0 Å². The molecule has 0 fully saturated rings. The number of unbranched alkanes of at least 4 members (excludes halogenated alkanes) is 21. The van der Waals surface area contributed by atoms with Crippen LogP contribution in [0.5, 0.6) is 0 Å². The van der Waals surface area contributed by atoms with Crippen LogP contribution in [0.2, 0.25) is 0 Å². The number of rotatable bonds is 52. The van der Waals surface area contributed by atoms with Gasteiger partial charge in [0.1, 0.15) is 13.2 Å². The molecule has 0 N–H and O–H groups in total. The van der Waals surface area contributed by atoms with Crippen LogP contribution in [0.3, 0.4) is 0 Å². The molecule has 6 heteroatoms. The van der Waals surface area contributed by atoms with Gasteiger partial charge in [-0.1, -0.05) is 232 Å². The van der Waals surface area contributed by atoms with Gasteiger partial charge in [-0.25, -0.2) is 0 Å². The van der Waals surface area contributed by atoms with Gasteiger partial charge in [0, 0.05) is 19.3 Å². The largest absolute Gasteiger partial charge is 0.462 e. The van der Waals surface area contributed by atoms with Crippen LogP contribution in [0.15, 0.2) is 122 Å².